The maximum Gasteiger partial charge on any atom is 0.234 e. The van der Waals surface area contributed by atoms with Crippen molar-refractivity contribution >= 4 is 11.8 Å². The molecular formula is C19H35N3O2. The molecule has 5 heteroatoms. The average molecular weight is 338 g/mol. The second-order valence-electron chi connectivity index (χ2n) is 7.35. The lowest BCUT2D eigenvalue weighted by atomic mass is 9.95. The molecule has 0 aliphatic carbocycles. The van der Waals surface area contributed by atoms with Gasteiger partial charge in [-0.3, -0.25) is 14.5 Å². The van der Waals surface area contributed by atoms with E-state index >= 15 is 0 Å². The molecule has 0 radical (unpaired) electrons. The predicted molar refractivity (Wildman–Crippen MR) is 96.7 cm³/mol. The van der Waals surface area contributed by atoms with Crippen LogP contribution in [0.25, 0.3) is 0 Å². The summed E-state index contributed by atoms with van der Waals surface area (Å²) in [5, 5.41) is 3.00. The molecule has 2 aliphatic heterocycles. The summed E-state index contributed by atoms with van der Waals surface area (Å²) in [5.41, 5.74) is 0. The number of hydrogen-bond acceptors (Lipinski definition) is 3. The van der Waals surface area contributed by atoms with E-state index in [0.717, 1.165) is 64.8 Å². The van der Waals surface area contributed by atoms with E-state index in [4.69, 9.17) is 0 Å². The van der Waals surface area contributed by atoms with Crippen LogP contribution in [0.15, 0.2) is 0 Å². The van der Waals surface area contributed by atoms with Crippen LogP contribution in [-0.2, 0) is 9.59 Å². The lowest BCUT2D eigenvalue weighted by Crippen LogP contribution is -2.45. The first kappa shape index (κ1) is 19.2. The third kappa shape index (κ3) is 6.42. The van der Waals surface area contributed by atoms with Gasteiger partial charge in [-0.05, 0) is 45.2 Å². The van der Waals surface area contributed by atoms with Gasteiger partial charge in [-0.15, -0.1) is 0 Å². The quantitative estimate of drug-likeness (QED) is 0.726. The Morgan fingerprint density at radius 2 is 1.62 bits per heavy atom. The average Bonchev–Trinajstić information content (AvgIpc) is 2.88. The van der Waals surface area contributed by atoms with Crippen LogP contribution in [0.4, 0.5) is 0 Å². The maximum absolute atomic E-state index is 12.7. The fourth-order valence-corrected chi connectivity index (χ4v) is 3.75. The van der Waals surface area contributed by atoms with Gasteiger partial charge in [0, 0.05) is 25.6 Å². The van der Waals surface area contributed by atoms with E-state index in [9.17, 15) is 9.59 Å². The summed E-state index contributed by atoms with van der Waals surface area (Å²) in [6.45, 7) is 7.06. The molecule has 0 atom stereocenters. The van der Waals surface area contributed by atoms with E-state index < -0.39 is 0 Å². The second-order valence-corrected chi connectivity index (χ2v) is 7.35. The summed E-state index contributed by atoms with van der Waals surface area (Å²) >= 11 is 0. The molecule has 24 heavy (non-hydrogen) atoms. The Kier molecular flexibility index (Phi) is 8.57. The van der Waals surface area contributed by atoms with Gasteiger partial charge < -0.3 is 10.2 Å². The smallest absolute Gasteiger partial charge is 0.234 e. The molecule has 138 valence electrons. The number of carbonyl (C=O) groups is 2. The number of piperidine rings is 1. The number of amides is 2. The molecule has 2 rings (SSSR count). The monoisotopic (exact) mass is 337 g/mol. The minimum absolute atomic E-state index is 0.128. The summed E-state index contributed by atoms with van der Waals surface area (Å²) in [7, 11) is 0. The predicted octanol–water partition coefficient (Wildman–Crippen LogP) is 2.41. The van der Waals surface area contributed by atoms with Gasteiger partial charge in [0.1, 0.15) is 0 Å². The molecule has 0 unspecified atom stereocenters. The van der Waals surface area contributed by atoms with Crippen molar-refractivity contribution in [3.05, 3.63) is 0 Å². The molecule has 0 spiro atoms. The number of nitrogens with zero attached hydrogens (tertiary/aromatic N) is 2. The van der Waals surface area contributed by atoms with E-state index in [0.29, 0.717) is 12.5 Å². The van der Waals surface area contributed by atoms with Crippen LogP contribution in [-0.4, -0.2) is 60.9 Å². The normalized spacial score (nSPS) is 20.6. The number of nitrogens with one attached hydrogen (secondary N) is 1. The molecule has 1 N–H and O–H groups in total. The molecule has 0 aromatic heterocycles. The van der Waals surface area contributed by atoms with Gasteiger partial charge in [-0.1, -0.05) is 32.6 Å². The van der Waals surface area contributed by atoms with Gasteiger partial charge in [0.15, 0.2) is 0 Å². The zero-order chi connectivity index (χ0) is 17.2. The minimum Gasteiger partial charge on any atom is -0.355 e. The Hall–Kier alpha value is -1.10. The molecule has 0 bridgehead atoms. The van der Waals surface area contributed by atoms with Gasteiger partial charge in [0.25, 0.3) is 0 Å². The molecule has 5 nitrogen and oxygen atoms in total. The summed E-state index contributed by atoms with van der Waals surface area (Å²) in [4.78, 5) is 28.9. The highest BCUT2D eigenvalue weighted by Crippen LogP contribution is 2.21. The molecular weight excluding hydrogens is 302 g/mol. The number of likely N-dealkylation sites (tertiary alicyclic amines) is 2. The Labute approximate surface area is 147 Å². The largest absolute Gasteiger partial charge is 0.355 e. The zero-order valence-electron chi connectivity index (χ0n) is 15.4. The van der Waals surface area contributed by atoms with Gasteiger partial charge in [-0.2, -0.15) is 0 Å². The molecule has 2 amide bonds. The van der Waals surface area contributed by atoms with Crippen molar-refractivity contribution in [3.8, 4) is 0 Å². The molecule has 0 saturated carbocycles. The van der Waals surface area contributed by atoms with Gasteiger partial charge in [0.2, 0.25) is 11.8 Å². The van der Waals surface area contributed by atoms with Crippen LogP contribution in [0.1, 0.15) is 64.7 Å². The highest BCUT2D eigenvalue weighted by molar-refractivity contribution is 5.79. The van der Waals surface area contributed by atoms with E-state index in [1.807, 2.05) is 0 Å². The summed E-state index contributed by atoms with van der Waals surface area (Å²) < 4.78 is 0. The highest BCUT2D eigenvalue weighted by Gasteiger charge is 2.29. The first-order valence-corrected chi connectivity index (χ1v) is 9.98. The Balaban J connectivity index is 1.65. The molecule has 0 aromatic carbocycles. The third-order valence-corrected chi connectivity index (χ3v) is 5.32. The standard InChI is InChI=1S/C19H35N3O2/c1-2-3-6-11-20-18(23)16-21-14-9-17(10-15-21)19(24)22-12-7-4-5-8-13-22/h17H,2-16H2,1H3,(H,20,23). The Bertz CT molecular complexity index is 384. The van der Waals surface area contributed by atoms with Crippen molar-refractivity contribution in [3.63, 3.8) is 0 Å². The third-order valence-electron chi connectivity index (χ3n) is 5.32. The second kappa shape index (κ2) is 10.7. The number of hydrogen-bond donors (Lipinski definition) is 1. The van der Waals surface area contributed by atoms with E-state index in [1.165, 1.54) is 25.7 Å². The van der Waals surface area contributed by atoms with E-state index in [-0.39, 0.29) is 11.8 Å². The number of rotatable bonds is 7. The van der Waals surface area contributed by atoms with Crippen LogP contribution in [0, 0.1) is 5.92 Å². The lowest BCUT2D eigenvalue weighted by molar-refractivity contribution is -0.137. The van der Waals surface area contributed by atoms with Crippen LogP contribution in [0.5, 0.6) is 0 Å². The van der Waals surface area contributed by atoms with E-state index in [1.54, 1.807) is 0 Å². The van der Waals surface area contributed by atoms with Crippen molar-refractivity contribution in [2.45, 2.75) is 64.7 Å². The first-order valence-electron chi connectivity index (χ1n) is 9.98. The molecule has 2 heterocycles. The van der Waals surface area contributed by atoms with Crippen LogP contribution >= 0.6 is 0 Å². The zero-order valence-corrected chi connectivity index (χ0v) is 15.4. The van der Waals surface area contributed by atoms with Crippen LogP contribution in [0.3, 0.4) is 0 Å². The van der Waals surface area contributed by atoms with Crippen molar-refractivity contribution in [1.82, 2.24) is 15.1 Å². The Morgan fingerprint density at radius 1 is 0.958 bits per heavy atom. The van der Waals surface area contributed by atoms with Crippen LogP contribution in [0.2, 0.25) is 0 Å². The molecule has 0 aromatic rings. The fourth-order valence-electron chi connectivity index (χ4n) is 3.75. The summed E-state index contributed by atoms with van der Waals surface area (Å²) in [6.07, 6.45) is 10.0. The van der Waals surface area contributed by atoms with Crippen molar-refractivity contribution in [2.24, 2.45) is 5.92 Å². The van der Waals surface area contributed by atoms with Gasteiger partial charge in [0.05, 0.1) is 6.54 Å². The first-order chi connectivity index (χ1) is 11.7. The van der Waals surface area contributed by atoms with Gasteiger partial charge in [-0.25, -0.2) is 0 Å². The molecule has 2 aliphatic rings. The minimum atomic E-state index is 0.128. The van der Waals surface area contributed by atoms with Gasteiger partial charge >= 0.3 is 0 Å². The van der Waals surface area contributed by atoms with Crippen molar-refractivity contribution in [1.29, 1.82) is 0 Å². The summed E-state index contributed by atoms with van der Waals surface area (Å²) in [5.74, 6) is 0.663. The molecule has 2 saturated heterocycles. The number of carbonyl (C=O) groups excluding carboxylic acids is 2. The van der Waals surface area contributed by atoms with E-state index in [2.05, 4.69) is 22.0 Å². The summed E-state index contributed by atoms with van der Waals surface area (Å²) in [6, 6.07) is 0. The lowest BCUT2D eigenvalue weighted by Gasteiger charge is -2.33. The van der Waals surface area contributed by atoms with Crippen molar-refractivity contribution in [2.75, 3.05) is 39.3 Å². The SMILES string of the molecule is CCCCCNC(=O)CN1CCC(C(=O)N2CCCCCC2)CC1. The highest BCUT2D eigenvalue weighted by atomic mass is 16.2. The fraction of sp³-hybridized carbons (Fsp3) is 0.895. The molecule has 2 fully saturated rings. The van der Waals surface area contributed by atoms with Crippen LogP contribution < -0.4 is 5.32 Å². The Morgan fingerprint density at radius 3 is 2.25 bits per heavy atom. The topological polar surface area (TPSA) is 52.7 Å². The van der Waals surface area contributed by atoms with Crippen molar-refractivity contribution < 1.29 is 9.59 Å². The maximum atomic E-state index is 12.7. The number of unbranched alkanes of at least 4 members (excludes halogenated alkanes) is 2.